The first-order valence-electron chi connectivity index (χ1n) is 10.4. The van der Waals surface area contributed by atoms with Gasteiger partial charge in [-0.3, -0.25) is 14.6 Å². The number of piperidine rings is 1. The largest absolute Gasteiger partial charge is 0.390 e. The van der Waals surface area contributed by atoms with Gasteiger partial charge in [-0.05, 0) is 38.3 Å². The van der Waals surface area contributed by atoms with Crippen molar-refractivity contribution in [3.05, 3.63) is 29.8 Å². The van der Waals surface area contributed by atoms with E-state index in [0.29, 0.717) is 31.1 Å². The first-order valence-corrected chi connectivity index (χ1v) is 11.2. The lowest BCUT2D eigenvalue weighted by Crippen LogP contribution is -2.55. The number of aliphatic imine (C=N–C) groups is 1. The van der Waals surface area contributed by atoms with Gasteiger partial charge in [0.1, 0.15) is 6.10 Å². The number of benzene rings is 1. The predicted molar refractivity (Wildman–Crippen MR) is 116 cm³/mol. The standard InChI is InChI=1S/C21H28N4O4S/c1-11-2-4-13(5-3-11)23-21-24-16-17(27)15(26)10-14(18(16)30-21)20(29)25-8-6-12(7-9-25)19(22)28/h2-5,12,14-18,26-27H,6-10H2,1H3,(H2,22,28)(H,23,24). The van der Waals surface area contributed by atoms with Crippen LogP contribution in [-0.2, 0) is 9.59 Å². The molecule has 1 aliphatic carbocycles. The normalized spacial score (nSPS) is 31.8. The van der Waals surface area contributed by atoms with Gasteiger partial charge >= 0.3 is 0 Å². The first kappa shape index (κ1) is 21.1. The van der Waals surface area contributed by atoms with Crippen molar-refractivity contribution in [3.8, 4) is 0 Å². The van der Waals surface area contributed by atoms with Crippen molar-refractivity contribution in [1.82, 2.24) is 4.90 Å². The molecule has 1 aromatic rings. The summed E-state index contributed by atoms with van der Waals surface area (Å²) in [5.41, 5.74) is 7.43. The monoisotopic (exact) mass is 432 g/mol. The maximum atomic E-state index is 13.3. The summed E-state index contributed by atoms with van der Waals surface area (Å²) >= 11 is 1.45. The minimum absolute atomic E-state index is 0.0434. The number of fused-ring (bicyclic) bond motifs is 1. The van der Waals surface area contributed by atoms with Gasteiger partial charge in [-0.2, -0.15) is 0 Å². The van der Waals surface area contributed by atoms with Gasteiger partial charge in [0, 0.05) is 29.9 Å². The number of likely N-dealkylation sites (tertiary alicyclic amines) is 1. The zero-order chi connectivity index (χ0) is 21.4. The fraction of sp³-hybridized carbons (Fsp3) is 0.571. The second-order valence-electron chi connectivity index (χ2n) is 8.40. The zero-order valence-corrected chi connectivity index (χ0v) is 17.7. The summed E-state index contributed by atoms with van der Waals surface area (Å²) in [5, 5.41) is 24.6. The van der Waals surface area contributed by atoms with E-state index in [0.717, 1.165) is 11.3 Å². The number of carbonyl (C=O) groups is 2. The molecular weight excluding hydrogens is 404 g/mol. The number of nitrogens with zero attached hydrogens (tertiary/aromatic N) is 2. The maximum absolute atomic E-state index is 13.3. The number of aliphatic hydroxyl groups is 2. The third-order valence-corrected chi connectivity index (χ3v) is 7.63. The van der Waals surface area contributed by atoms with Gasteiger partial charge in [-0.1, -0.05) is 29.5 Å². The molecule has 8 nitrogen and oxygen atoms in total. The lowest BCUT2D eigenvalue weighted by atomic mass is 9.80. The SMILES string of the molecule is Cc1ccc(NC2=NC3C(O)C(O)CC(C(=O)N4CCC(C(N)=O)CC4)C3S2)cc1. The van der Waals surface area contributed by atoms with Gasteiger partial charge in [-0.15, -0.1) is 0 Å². The average molecular weight is 433 g/mol. The number of rotatable bonds is 3. The average Bonchev–Trinajstić information content (AvgIpc) is 3.16. The van der Waals surface area contributed by atoms with Gasteiger partial charge in [0.15, 0.2) is 5.17 Å². The van der Waals surface area contributed by atoms with Gasteiger partial charge < -0.3 is 26.2 Å². The van der Waals surface area contributed by atoms with Crippen molar-refractivity contribution in [2.75, 3.05) is 18.4 Å². The summed E-state index contributed by atoms with van der Waals surface area (Å²) in [5.74, 6) is -0.984. The molecule has 2 aliphatic heterocycles. The molecule has 1 saturated heterocycles. The molecule has 5 N–H and O–H groups in total. The Kier molecular flexibility index (Phi) is 6.04. The van der Waals surface area contributed by atoms with Gasteiger partial charge in [-0.25, -0.2) is 0 Å². The molecule has 0 spiro atoms. The van der Waals surface area contributed by atoms with Gasteiger partial charge in [0.2, 0.25) is 11.8 Å². The van der Waals surface area contributed by atoms with E-state index in [1.54, 1.807) is 4.90 Å². The highest BCUT2D eigenvalue weighted by Gasteiger charge is 2.51. The van der Waals surface area contributed by atoms with E-state index in [2.05, 4.69) is 10.3 Å². The number of carbonyl (C=O) groups excluding carboxylic acids is 2. The van der Waals surface area contributed by atoms with Crippen LogP contribution in [0.25, 0.3) is 0 Å². The predicted octanol–water partition coefficient (Wildman–Crippen LogP) is 0.713. The summed E-state index contributed by atoms with van der Waals surface area (Å²) in [6.45, 7) is 2.98. The molecule has 30 heavy (non-hydrogen) atoms. The van der Waals surface area contributed by atoms with E-state index in [4.69, 9.17) is 5.73 Å². The number of hydrogen-bond acceptors (Lipinski definition) is 7. The summed E-state index contributed by atoms with van der Waals surface area (Å²) in [7, 11) is 0. The third kappa shape index (κ3) is 4.19. The fourth-order valence-electron chi connectivity index (χ4n) is 4.47. The molecule has 3 aliphatic rings. The van der Waals surface area contributed by atoms with Crippen molar-refractivity contribution in [2.24, 2.45) is 22.6 Å². The number of nitrogens with one attached hydrogen (secondary N) is 1. The number of thioether (sulfide) groups is 1. The van der Waals surface area contributed by atoms with E-state index < -0.39 is 24.2 Å². The van der Waals surface area contributed by atoms with Crippen LogP contribution in [0.15, 0.2) is 29.3 Å². The van der Waals surface area contributed by atoms with Crippen LogP contribution in [0, 0.1) is 18.8 Å². The Balaban J connectivity index is 1.46. The smallest absolute Gasteiger partial charge is 0.227 e. The second kappa shape index (κ2) is 8.56. The van der Waals surface area contributed by atoms with Crippen molar-refractivity contribution >= 4 is 34.4 Å². The summed E-state index contributed by atoms with van der Waals surface area (Å²) in [4.78, 5) is 31.0. The maximum Gasteiger partial charge on any atom is 0.227 e. The number of amidine groups is 1. The molecule has 0 bridgehead atoms. The molecule has 9 heteroatoms. The van der Waals surface area contributed by atoms with Crippen molar-refractivity contribution in [1.29, 1.82) is 0 Å². The number of hydrogen-bond donors (Lipinski definition) is 4. The minimum Gasteiger partial charge on any atom is -0.390 e. The number of anilines is 1. The molecule has 2 amide bonds. The van der Waals surface area contributed by atoms with E-state index in [9.17, 15) is 19.8 Å². The molecular formula is C21H28N4O4S. The van der Waals surface area contributed by atoms with Crippen LogP contribution in [0.5, 0.6) is 0 Å². The molecule has 1 aromatic carbocycles. The van der Waals surface area contributed by atoms with Crippen LogP contribution in [0.1, 0.15) is 24.8 Å². The van der Waals surface area contributed by atoms with E-state index in [1.165, 1.54) is 11.8 Å². The molecule has 4 rings (SSSR count). The molecule has 1 saturated carbocycles. The molecule has 2 heterocycles. The van der Waals surface area contributed by atoms with Crippen LogP contribution < -0.4 is 11.1 Å². The number of aryl methyl sites for hydroxylation is 1. The van der Waals surface area contributed by atoms with E-state index >= 15 is 0 Å². The van der Waals surface area contributed by atoms with Crippen LogP contribution in [0.4, 0.5) is 5.69 Å². The van der Waals surface area contributed by atoms with Crippen molar-refractivity contribution in [2.45, 2.75) is 49.7 Å². The highest BCUT2D eigenvalue weighted by atomic mass is 32.2. The summed E-state index contributed by atoms with van der Waals surface area (Å²) < 4.78 is 0. The van der Waals surface area contributed by atoms with Gasteiger partial charge in [0.05, 0.1) is 18.1 Å². The lowest BCUT2D eigenvalue weighted by molar-refractivity contribution is -0.142. The molecule has 2 fully saturated rings. The number of nitrogens with two attached hydrogens (primary N) is 1. The topological polar surface area (TPSA) is 128 Å². The van der Waals surface area contributed by atoms with Crippen molar-refractivity contribution in [3.63, 3.8) is 0 Å². The highest BCUT2D eigenvalue weighted by molar-refractivity contribution is 8.15. The number of amides is 2. The van der Waals surface area contributed by atoms with Gasteiger partial charge in [0.25, 0.3) is 0 Å². The van der Waals surface area contributed by atoms with Crippen LogP contribution in [0.3, 0.4) is 0 Å². The Morgan fingerprint density at radius 1 is 1.20 bits per heavy atom. The molecule has 0 aromatic heterocycles. The first-order chi connectivity index (χ1) is 14.3. The van der Waals surface area contributed by atoms with Crippen LogP contribution in [0.2, 0.25) is 0 Å². The zero-order valence-electron chi connectivity index (χ0n) is 16.9. The Labute approximate surface area is 179 Å². The van der Waals surface area contributed by atoms with Crippen LogP contribution in [-0.4, -0.2) is 68.7 Å². The van der Waals surface area contributed by atoms with Crippen LogP contribution >= 0.6 is 11.8 Å². The van der Waals surface area contributed by atoms with E-state index in [-0.39, 0.29) is 29.4 Å². The summed E-state index contributed by atoms with van der Waals surface area (Å²) in [6.07, 6.45) is -0.651. The summed E-state index contributed by atoms with van der Waals surface area (Å²) in [6, 6.07) is 7.37. The molecule has 5 unspecified atom stereocenters. The van der Waals surface area contributed by atoms with Crippen molar-refractivity contribution < 1.29 is 19.8 Å². The Bertz CT molecular complexity index is 838. The Hall–Kier alpha value is -2.10. The number of primary amides is 1. The minimum atomic E-state index is -0.996. The molecule has 0 radical (unpaired) electrons. The highest BCUT2D eigenvalue weighted by Crippen LogP contribution is 2.42. The Morgan fingerprint density at radius 2 is 1.87 bits per heavy atom. The quantitative estimate of drug-likeness (QED) is 0.557. The number of aliphatic hydroxyl groups excluding tert-OH is 2. The second-order valence-corrected chi connectivity index (χ2v) is 9.57. The lowest BCUT2D eigenvalue weighted by Gasteiger charge is -2.40. The fourth-order valence-corrected chi connectivity index (χ4v) is 5.84. The molecule has 5 atom stereocenters. The molecule has 162 valence electrons. The van der Waals surface area contributed by atoms with E-state index in [1.807, 2.05) is 31.2 Å². The Morgan fingerprint density at radius 3 is 2.50 bits per heavy atom. The third-order valence-electron chi connectivity index (χ3n) is 6.32.